The average Bonchev–Trinajstić information content (AvgIpc) is 3.62. The smallest absolute Gasteiger partial charge is 0.420 e. The van der Waals surface area contributed by atoms with Gasteiger partial charge in [-0.3, -0.25) is 0 Å². The number of carbonyl (C=O) groups excluding carboxylic acids is 1. The molecule has 2 amide bonds. The highest BCUT2D eigenvalue weighted by atomic mass is 16.6. The van der Waals surface area contributed by atoms with Crippen LogP contribution in [0.3, 0.4) is 0 Å². The van der Waals surface area contributed by atoms with E-state index >= 15 is 0 Å². The number of nitriles is 1. The predicted octanol–water partition coefficient (Wildman–Crippen LogP) is 5.11. The van der Waals surface area contributed by atoms with Gasteiger partial charge in [-0.2, -0.15) is 14.9 Å². The van der Waals surface area contributed by atoms with Crippen molar-refractivity contribution < 1.29 is 19.4 Å². The molecular formula is C27H31N7O4. The summed E-state index contributed by atoms with van der Waals surface area (Å²) >= 11 is 0. The number of rotatable bonds is 5. The zero-order valence-corrected chi connectivity index (χ0v) is 21.7. The maximum atomic E-state index is 13.6. The van der Waals surface area contributed by atoms with Gasteiger partial charge in [0.25, 0.3) is 0 Å². The summed E-state index contributed by atoms with van der Waals surface area (Å²) in [5.74, 6) is 1.27. The van der Waals surface area contributed by atoms with Crippen LogP contribution in [-0.4, -0.2) is 61.5 Å². The summed E-state index contributed by atoms with van der Waals surface area (Å²) in [4.78, 5) is 32.9. The molecule has 3 heterocycles. The second-order valence-corrected chi connectivity index (χ2v) is 10.8. The monoisotopic (exact) mass is 517 g/mol. The van der Waals surface area contributed by atoms with Crippen LogP contribution in [0.5, 0.6) is 0 Å². The molecule has 1 unspecified atom stereocenters. The van der Waals surface area contributed by atoms with Gasteiger partial charge < -0.3 is 20.1 Å². The van der Waals surface area contributed by atoms with E-state index in [2.05, 4.69) is 16.5 Å². The highest BCUT2D eigenvalue weighted by Crippen LogP contribution is 2.43. The third-order valence-corrected chi connectivity index (χ3v) is 6.58. The van der Waals surface area contributed by atoms with E-state index in [0.29, 0.717) is 47.5 Å². The Labute approximate surface area is 220 Å². The van der Waals surface area contributed by atoms with Crippen molar-refractivity contribution in [1.82, 2.24) is 19.5 Å². The number of hydrogen-bond donors (Lipinski definition) is 2. The first-order valence-electron chi connectivity index (χ1n) is 12.8. The molecule has 1 aliphatic heterocycles. The van der Waals surface area contributed by atoms with Crippen molar-refractivity contribution in [2.24, 2.45) is 0 Å². The third kappa shape index (κ3) is 5.34. The standard InChI is InChI=1S/C27H31N7O4/c1-27(2,3)38-26(37)33(20-8-4-6-17(12-20)14-28)23-13-22(30-19-7-5-11-32(16-19)25(35)36)31-24-21(18-9-10-18)15-29-34(23)24/h4,6,8,12-13,15,18-19H,5,7,9-11,16H2,1-3H3,(H,30,31)(H,35,36). The van der Waals surface area contributed by atoms with Crippen LogP contribution in [0, 0.1) is 11.3 Å². The first kappa shape index (κ1) is 25.3. The Bertz CT molecular complexity index is 1420. The number of amides is 2. The molecule has 1 saturated carbocycles. The van der Waals surface area contributed by atoms with E-state index in [4.69, 9.17) is 9.72 Å². The van der Waals surface area contributed by atoms with E-state index in [1.807, 2.05) is 0 Å². The molecule has 2 N–H and O–H groups in total. The number of benzene rings is 1. The molecule has 2 aromatic heterocycles. The van der Waals surface area contributed by atoms with Gasteiger partial charge in [0.05, 0.1) is 23.5 Å². The van der Waals surface area contributed by atoms with Crippen LogP contribution < -0.4 is 10.2 Å². The number of anilines is 3. The fourth-order valence-corrected chi connectivity index (χ4v) is 4.71. The first-order valence-corrected chi connectivity index (χ1v) is 12.8. The average molecular weight is 518 g/mol. The van der Waals surface area contributed by atoms with Gasteiger partial charge in [-0.05, 0) is 70.6 Å². The quantitative estimate of drug-likeness (QED) is 0.477. The zero-order valence-electron chi connectivity index (χ0n) is 21.7. The Morgan fingerprint density at radius 1 is 1.24 bits per heavy atom. The summed E-state index contributed by atoms with van der Waals surface area (Å²) in [6.07, 6.45) is 3.85. The number of nitrogens with zero attached hydrogens (tertiary/aromatic N) is 6. The first-order chi connectivity index (χ1) is 18.1. The lowest BCUT2D eigenvalue weighted by molar-refractivity contribution is 0.0597. The highest BCUT2D eigenvalue weighted by molar-refractivity contribution is 5.96. The number of likely N-dealkylation sites (tertiary alicyclic amines) is 1. The summed E-state index contributed by atoms with van der Waals surface area (Å²) in [5, 5.41) is 27.0. The van der Waals surface area contributed by atoms with Gasteiger partial charge in [0.1, 0.15) is 17.2 Å². The Morgan fingerprint density at radius 2 is 2.03 bits per heavy atom. The molecule has 1 aliphatic carbocycles. The van der Waals surface area contributed by atoms with E-state index < -0.39 is 17.8 Å². The van der Waals surface area contributed by atoms with Crippen LogP contribution in [0.4, 0.5) is 26.9 Å². The number of carbonyl (C=O) groups is 2. The van der Waals surface area contributed by atoms with Crippen molar-refractivity contribution in [1.29, 1.82) is 5.26 Å². The Morgan fingerprint density at radius 3 is 2.71 bits per heavy atom. The molecule has 11 heteroatoms. The van der Waals surface area contributed by atoms with Crippen molar-refractivity contribution in [3.8, 4) is 6.07 Å². The van der Waals surface area contributed by atoms with Gasteiger partial charge >= 0.3 is 12.2 Å². The summed E-state index contributed by atoms with van der Waals surface area (Å²) in [5.41, 5.74) is 1.72. The summed E-state index contributed by atoms with van der Waals surface area (Å²) in [7, 11) is 0. The van der Waals surface area contributed by atoms with E-state index in [-0.39, 0.29) is 6.04 Å². The molecule has 1 aromatic carbocycles. The van der Waals surface area contributed by atoms with Crippen LogP contribution in [0.1, 0.15) is 63.5 Å². The Hall–Kier alpha value is -4.33. The zero-order chi connectivity index (χ0) is 27.0. The van der Waals surface area contributed by atoms with Gasteiger partial charge in [-0.1, -0.05) is 6.07 Å². The lowest BCUT2D eigenvalue weighted by Crippen LogP contribution is -2.44. The fraction of sp³-hybridized carbons (Fsp3) is 0.444. The van der Waals surface area contributed by atoms with Crippen molar-refractivity contribution in [2.75, 3.05) is 23.3 Å². The van der Waals surface area contributed by atoms with Gasteiger partial charge in [-0.15, -0.1) is 0 Å². The highest BCUT2D eigenvalue weighted by Gasteiger charge is 2.32. The molecule has 0 bridgehead atoms. The van der Waals surface area contributed by atoms with E-state index in [1.165, 1.54) is 9.80 Å². The fourth-order valence-electron chi connectivity index (χ4n) is 4.71. The lowest BCUT2D eigenvalue weighted by atomic mass is 10.1. The molecular weight excluding hydrogens is 486 g/mol. The number of aromatic nitrogens is 3. The summed E-state index contributed by atoms with van der Waals surface area (Å²) in [6.45, 7) is 6.22. The van der Waals surface area contributed by atoms with Gasteiger partial charge in [0.2, 0.25) is 0 Å². The van der Waals surface area contributed by atoms with Crippen molar-refractivity contribution >= 4 is 35.2 Å². The summed E-state index contributed by atoms with van der Waals surface area (Å²) < 4.78 is 7.41. The molecule has 0 spiro atoms. The largest absolute Gasteiger partial charge is 0.465 e. The predicted molar refractivity (Wildman–Crippen MR) is 141 cm³/mol. The van der Waals surface area contributed by atoms with Crippen LogP contribution in [0.2, 0.25) is 0 Å². The summed E-state index contributed by atoms with van der Waals surface area (Å²) in [6, 6.07) is 10.5. The topological polar surface area (TPSA) is 136 Å². The molecule has 1 atom stereocenters. The Kier molecular flexibility index (Phi) is 6.57. The number of ether oxygens (including phenoxy) is 1. The van der Waals surface area contributed by atoms with Crippen molar-refractivity contribution in [2.45, 2.75) is 64.0 Å². The van der Waals surface area contributed by atoms with Gasteiger partial charge in [-0.25, -0.2) is 19.5 Å². The number of nitrogens with one attached hydrogen (secondary N) is 1. The van der Waals surface area contributed by atoms with Crippen LogP contribution >= 0.6 is 0 Å². The van der Waals surface area contributed by atoms with Crippen LogP contribution in [-0.2, 0) is 4.74 Å². The molecule has 198 valence electrons. The molecule has 2 fully saturated rings. The molecule has 2 aliphatic rings. The molecule has 5 rings (SSSR count). The maximum absolute atomic E-state index is 13.6. The van der Waals surface area contributed by atoms with E-state index in [1.54, 1.807) is 61.8 Å². The SMILES string of the molecule is CC(C)(C)OC(=O)N(c1cccc(C#N)c1)c1cc(NC2CCCN(C(=O)O)C2)nc2c(C3CC3)cnn12. The number of carboxylic acid groups (broad SMARTS) is 1. The van der Waals surface area contributed by atoms with Crippen LogP contribution in [0.25, 0.3) is 5.65 Å². The molecule has 11 nitrogen and oxygen atoms in total. The second-order valence-electron chi connectivity index (χ2n) is 10.8. The lowest BCUT2D eigenvalue weighted by Gasteiger charge is -2.32. The second kappa shape index (κ2) is 9.85. The minimum Gasteiger partial charge on any atom is -0.465 e. The minimum absolute atomic E-state index is 0.133. The van der Waals surface area contributed by atoms with Crippen molar-refractivity contribution in [3.63, 3.8) is 0 Å². The van der Waals surface area contributed by atoms with E-state index in [0.717, 1.165) is 31.2 Å². The van der Waals surface area contributed by atoms with E-state index in [9.17, 15) is 20.0 Å². The molecule has 1 saturated heterocycles. The minimum atomic E-state index is -0.944. The Balaban J connectivity index is 1.62. The van der Waals surface area contributed by atoms with Crippen molar-refractivity contribution in [3.05, 3.63) is 47.7 Å². The third-order valence-electron chi connectivity index (χ3n) is 6.58. The van der Waals surface area contributed by atoms with Gasteiger partial charge in [0, 0.05) is 30.8 Å². The normalized spacial score (nSPS) is 17.6. The molecule has 0 radical (unpaired) electrons. The molecule has 38 heavy (non-hydrogen) atoms. The number of piperidine rings is 1. The van der Waals surface area contributed by atoms with Crippen LogP contribution in [0.15, 0.2) is 36.5 Å². The maximum Gasteiger partial charge on any atom is 0.420 e. The van der Waals surface area contributed by atoms with Gasteiger partial charge in [0.15, 0.2) is 5.65 Å². The number of hydrogen-bond acceptors (Lipinski definition) is 7. The molecule has 3 aromatic rings. The number of fused-ring (bicyclic) bond motifs is 1.